The van der Waals surface area contributed by atoms with E-state index in [1.54, 1.807) is 0 Å². The van der Waals surface area contributed by atoms with Gasteiger partial charge in [-0.15, -0.1) is 0 Å². The van der Waals surface area contributed by atoms with Crippen LogP contribution in [0.15, 0.2) is 0 Å². The molecule has 16 heavy (non-hydrogen) atoms. The summed E-state index contributed by atoms with van der Waals surface area (Å²) in [6.07, 6.45) is 7.96. The van der Waals surface area contributed by atoms with Crippen molar-refractivity contribution in [2.45, 2.75) is 57.1 Å². The fraction of sp³-hybridized carbons (Fsp3) is 1.00. The molecule has 3 heteroatoms. The number of rotatable bonds is 5. The Hall–Kier alpha value is -0.120. The maximum atomic E-state index is 9.84. The number of aliphatic hydroxyl groups is 2. The van der Waals surface area contributed by atoms with E-state index >= 15 is 0 Å². The van der Waals surface area contributed by atoms with Crippen LogP contribution < -0.4 is 0 Å². The molecule has 0 aromatic heterocycles. The van der Waals surface area contributed by atoms with E-state index in [1.165, 1.54) is 32.2 Å². The summed E-state index contributed by atoms with van der Waals surface area (Å²) in [6, 6.07) is 0.667. The zero-order valence-corrected chi connectivity index (χ0v) is 10.1. The highest BCUT2D eigenvalue weighted by atomic mass is 16.3. The van der Waals surface area contributed by atoms with Gasteiger partial charge in [-0.1, -0.05) is 6.42 Å². The molecule has 2 N–H and O–H groups in total. The minimum Gasteiger partial charge on any atom is -0.396 e. The van der Waals surface area contributed by atoms with Gasteiger partial charge in [0.15, 0.2) is 0 Å². The largest absolute Gasteiger partial charge is 0.396 e. The van der Waals surface area contributed by atoms with Gasteiger partial charge in [0.25, 0.3) is 0 Å². The van der Waals surface area contributed by atoms with Crippen LogP contribution in [0, 0.1) is 5.92 Å². The van der Waals surface area contributed by atoms with Crippen molar-refractivity contribution in [3.05, 3.63) is 0 Å². The molecule has 2 fully saturated rings. The number of nitrogens with zero attached hydrogens (tertiary/aromatic N) is 1. The van der Waals surface area contributed by atoms with Gasteiger partial charge in [0.2, 0.25) is 0 Å². The van der Waals surface area contributed by atoms with E-state index in [-0.39, 0.29) is 6.10 Å². The van der Waals surface area contributed by atoms with Gasteiger partial charge in [0.1, 0.15) is 0 Å². The summed E-state index contributed by atoms with van der Waals surface area (Å²) in [5, 5.41) is 18.7. The van der Waals surface area contributed by atoms with Crippen molar-refractivity contribution >= 4 is 0 Å². The summed E-state index contributed by atoms with van der Waals surface area (Å²) in [6.45, 7) is 2.59. The van der Waals surface area contributed by atoms with Crippen LogP contribution >= 0.6 is 0 Å². The SMILES string of the molecule is OCCCC1CCCN1CC1CCCC1O. The minimum atomic E-state index is -0.0564. The minimum absolute atomic E-state index is 0.0564. The van der Waals surface area contributed by atoms with Gasteiger partial charge in [0.05, 0.1) is 6.10 Å². The molecule has 1 saturated heterocycles. The molecule has 2 rings (SSSR count). The monoisotopic (exact) mass is 227 g/mol. The summed E-state index contributed by atoms with van der Waals surface area (Å²) in [7, 11) is 0. The van der Waals surface area contributed by atoms with Crippen molar-refractivity contribution in [3.63, 3.8) is 0 Å². The molecule has 0 spiro atoms. The molecule has 0 bridgehead atoms. The first-order valence-electron chi connectivity index (χ1n) is 6.84. The van der Waals surface area contributed by atoms with Crippen LogP contribution in [0.4, 0.5) is 0 Å². The molecule has 0 amide bonds. The van der Waals surface area contributed by atoms with Gasteiger partial charge >= 0.3 is 0 Å². The zero-order chi connectivity index (χ0) is 11.4. The molecule has 1 saturated carbocycles. The average Bonchev–Trinajstić information content (AvgIpc) is 2.87. The van der Waals surface area contributed by atoms with Crippen molar-refractivity contribution in [2.24, 2.45) is 5.92 Å². The Kier molecular flexibility index (Phi) is 4.62. The third-order valence-electron chi connectivity index (χ3n) is 4.28. The number of aliphatic hydroxyl groups excluding tert-OH is 2. The Morgan fingerprint density at radius 1 is 1.12 bits per heavy atom. The van der Waals surface area contributed by atoms with Crippen LogP contribution in [0.5, 0.6) is 0 Å². The van der Waals surface area contributed by atoms with Crippen molar-refractivity contribution in [1.29, 1.82) is 0 Å². The summed E-state index contributed by atoms with van der Waals surface area (Å²) >= 11 is 0. The highest BCUT2D eigenvalue weighted by Gasteiger charge is 2.31. The quantitative estimate of drug-likeness (QED) is 0.746. The maximum absolute atomic E-state index is 9.84. The summed E-state index contributed by atoms with van der Waals surface area (Å²) < 4.78 is 0. The Bertz CT molecular complexity index is 210. The molecule has 1 heterocycles. The summed E-state index contributed by atoms with van der Waals surface area (Å²) in [5.41, 5.74) is 0. The van der Waals surface area contributed by atoms with Crippen LogP contribution in [0.1, 0.15) is 44.9 Å². The number of hydrogen-bond donors (Lipinski definition) is 2. The van der Waals surface area contributed by atoms with Crippen LogP contribution in [-0.4, -0.2) is 47.0 Å². The third kappa shape index (κ3) is 2.96. The predicted octanol–water partition coefficient (Wildman–Crippen LogP) is 1.38. The summed E-state index contributed by atoms with van der Waals surface area (Å²) in [4.78, 5) is 2.55. The van der Waals surface area contributed by atoms with Gasteiger partial charge in [0, 0.05) is 19.2 Å². The first-order valence-corrected chi connectivity index (χ1v) is 6.84. The lowest BCUT2D eigenvalue weighted by Crippen LogP contribution is -2.36. The van der Waals surface area contributed by atoms with Gasteiger partial charge in [-0.2, -0.15) is 0 Å². The number of hydrogen-bond acceptors (Lipinski definition) is 3. The van der Waals surface area contributed by atoms with Crippen LogP contribution in [0.2, 0.25) is 0 Å². The molecule has 3 nitrogen and oxygen atoms in total. The van der Waals surface area contributed by atoms with Gasteiger partial charge in [-0.3, -0.25) is 0 Å². The van der Waals surface area contributed by atoms with E-state index < -0.39 is 0 Å². The second kappa shape index (κ2) is 5.99. The highest BCUT2D eigenvalue weighted by Crippen LogP contribution is 2.30. The Morgan fingerprint density at radius 2 is 2.00 bits per heavy atom. The summed E-state index contributed by atoms with van der Waals surface area (Å²) in [5.74, 6) is 0.509. The molecule has 0 aromatic carbocycles. The molecule has 0 radical (unpaired) electrons. The van der Waals surface area contributed by atoms with E-state index in [2.05, 4.69) is 4.90 Å². The van der Waals surface area contributed by atoms with E-state index in [0.717, 1.165) is 25.8 Å². The van der Waals surface area contributed by atoms with Crippen molar-refractivity contribution in [2.75, 3.05) is 19.7 Å². The van der Waals surface area contributed by atoms with Gasteiger partial charge in [-0.05, 0) is 51.0 Å². The molecule has 1 aliphatic heterocycles. The first kappa shape index (κ1) is 12.3. The maximum Gasteiger partial charge on any atom is 0.0580 e. The smallest absolute Gasteiger partial charge is 0.0580 e. The first-order chi connectivity index (χ1) is 7.81. The zero-order valence-electron chi connectivity index (χ0n) is 10.1. The van der Waals surface area contributed by atoms with E-state index in [1.807, 2.05) is 0 Å². The fourth-order valence-corrected chi connectivity index (χ4v) is 3.32. The van der Waals surface area contributed by atoms with E-state index in [4.69, 9.17) is 5.11 Å². The molecular weight excluding hydrogens is 202 g/mol. The van der Waals surface area contributed by atoms with Crippen molar-refractivity contribution < 1.29 is 10.2 Å². The predicted molar refractivity (Wildman–Crippen MR) is 64.3 cm³/mol. The standard InChI is InChI=1S/C13H25NO2/c15-9-3-6-12-5-2-8-14(12)10-11-4-1-7-13(11)16/h11-13,15-16H,1-10H2. The molecule has 3 unspecified atom stereocenters. The normalized spacial score (nSPS) is 36.0. The Labute approximate surface area is 98.5 Å². The lowest BCUT2D eigenvalue weighted by Gasteiger charge is -2.28. The Morgan fingerprint density at radius 3 is 2.69 bits per heavy atom. The topological polar surface area (TPSA) is 43.7 Å². The Balaban J connectivity index is 1.78. The fourth-order valence-electron chi connectivity index (χ4n) is 3.32. The van der Waals surface area contributed by atoms with Gasteiger partial charge < -0.3 is 15.1 Å². The van der Waals surface area contributed by atoms with E-state index in [0.29, 0.717) is 18.6 Å². The lowest BCUT2D eigenvalue weighted by atomic mass is 10.0. The molecular formula is C13H25NO2. The number of likely N-dealkylation sites (tertiary alicyclic amines) is 1. The van der Waals surface area contributed by atoms with Crippen LogP contribution in [-0.2, 0) is 0 Å². The van der Waals surface area contributed by atoms with E-state index in [9.17, 15) is 5.11 Å². The molecule has 1 aliphatic carbocycles. The lowest BCUT2D eigenvalue weighted by molar-refractivity contribution is 0.0949. The van der Waals surface area contributed by atoms with Crippen molar-refractivity contribution in [1.82, 2.24) is 4.90 Å². The second-order valence-corrected chi connectivity index (χ2v) is 5.42. The van der Waals surface area contributed by atoms with Crippen LogP contribution in [0.3, 0.4) is 0 Å². The van der Waals surface area contributed by atoms with Gasteiger partial charge in [-0.25, -0.2) is 0 Å². The molecule has 2 aliphatic rings. The van der Waals surface area contributed by atoms with Crippen LogP contribution in [0.25, 0.3) is 0 Å². The third-order valence-corrected chi connectivity index (χ3v) is 4.28. The molecule has 94 valence electrons. The molecule has 3 atom stereocenters. The average molecular weight is 227 g/mol. The second-order valence-electron chi connectivity index (χ2n) is 5.42. The van der Waals surface area contributed by atoms with Crippen molar-refractivity contribution in [3.8, 4) is 0 Å². The highest BCUT2D eigenvalue weighted by molar-refractivity contribution is 4.85. The molecule has 0 aromatic rings.